The van der Waals surface area contributed by atoms with Gasteiger partial charge in [0.2, 0.25) is 0 Å². The minimum atomic E-state index is -0.233. The van der Waals surface area contributed by atoms with Gasteiger partial charge in [0, 0.05) is 30.1 Å². The van der Waals surface area contributed by atoms with Crippen LogP contribution >= 0.6 is 0 Å². The predicted octanol–water partition coefficient (Wildman–Crippen LogP) is 3.86. The van der Waals surface area contributed by atoms with Crippen LogP contribution in [0.5, 0.6) is 0 Å². The van der Waals surface area contributed by atoms with Gasteiger partial charge in [-0.2, -0.15) is 0 Å². The molecule has 0 spiro atoms. The first-order valence-electron chi connectivity index (χ1n) is 9.25. The van der Waals surface area contributed by atoms with Crippen LogP contribution in [0, 0.1) is 13.8 Å². The second kappa shape index (κ2) is 7.31. The number of nitrogens with one attached hydrogen (secondary N) is 1. The molecule has 0 bridgehead atoms. The van der Waals surface area contributed by atoms with Gasteiger partial charge in [-0.15, -0.1) is 0 Å². The lowest BCUT2D eigenvalue weighted by Crippen LogP contribution is -2.21. The fourth-order valence-electron chi connectivity index (χ4n) is 3.15. The Morgan fingerprint density at radius 1 is 1.00 bits per heavy atom. The Bertz CT molecular complexity index is 1290. The molecule has 2 aromatic carbocycles. The van der Waals surface area contributed by atoms with Gasteiger partial charge in [0.1, 0.15) is 11.2 Å². The maximum atomic E-state index is 12.7. The lowest BCUT2D eigenvalue weighted by Gasteiger charge is -2.09. The van der Waals surface area contributed by atoms with E-state index in [0.29, 0.717) is 28.0 Å². The highest BCUT2D eigenvalue weighted by Crippen LogP contribution is 2.19. The summed E-state index contributed by atoms with van der Waals surface area (Å²) in [6.45, 7) is 4.03. The van der Waals surface area contributed by atoms with E-state index in [1.54, 1.807) is 43.6 Å². The first-order chi connectivity index (χ1) is 13.9. The van der Waals surface area contributed by atoms with E-state index in [2.05, 4.69) is 15.3 Å². The van der Waals surface area contributed by atoms with Crippen LogP contribution in [0.25, 0.3) is 22.4 Å². The van der Waals surface area contributed by atoms with Crippen LogP contribution in [-0.2, 0) is 7.05 Å². The van der Waals surface area contributed by atoms with E-state index >= 15 is 0 Å². The van der Waals surface area contributed by atoms with E-state index in [4.69, 9.17) is 0 Å². The zero-order valence-corrected chi connectivity index (χ0v) is 16.4. The smallest absolute Gasteiger partial charge is 0.278 e. The molecule has 0 unspecified atom stereocenters. The average Bonchev–Trinajstić information content (AvgIpc) is 2.73. The lowest BCUT2D eigenvalue weighted by atomic mass is 10.1. The van der Waals surface area contributed by atoms with Crippen LogP contribution in [-0.4, -0.2) is 20.4 Å². The Morgan fingerprint density at radius 2 is 1.76 bits per heavy atom. The lowest BCUT2D eigenvalue weighted by molar-refractivity contribution is 0.102. The second-order valence-electron chi connectivity index (χ2n) is 7.00. The van der Waals surface area contributed by atoms with Gasteiger partial charge >= 0.3 is 0 Å². The summed E-state index contributed by atoms with van der Waals surface area (Å²) in [5.41, 5.74) is 5.47. The highest BCUT2D eigenvalue weighted by molar-refractivity contribution is 6.04. The minimum absolute atomic E-state index is 0.205. The molecule has 4 aromatic rings. The van der Waals surface area contributed by atoms with Crippen LogP contribution in [0.3, 0.4) is 0 Å². The Balaban J connectivity index is 1.63. The van der Waals surface area contributed by atoms with Crippen LogP contribution < -0.4 is 10.9 Å². The van der Waals surface area contributed by atoms with Crippen molar-refractivity contribution in [3.8, 4) is 11.3 Å². The number of benzene rings is 2. The first kappa shape index (κ1) is 18.6. The number of anilines is 1. The Kier molecular flexibility index (Phi) is 4.68. The molecule has 29 heavy (non-hydrogen) atoms. The van der Waals surface area contributed by atoms with E-state index in [9.17, 15) is 9.59 Å². The summed E-state index contributed by atoms with van der Waals surface area (Å²) in [5.74, 6) is -0.205. The van der Waals surface area contributed by atoms with Gasteiger partial charge in [-0.25, -0.2) is 9.97 Å². The number of rotatable bonds is 3. The number of carbonyl (C=O) groups excluding carboxylic acids is 1. The third-order valence-electron chi connectivity index (χ3n) is 5.01. The molecular weight excluding hydrogens is 364 g/mol. The Hall–Kier alpha value is -3.80. The minimum Gasteiger partial charge on any atom is -0.322 e. The topological polar surface area (TPSA) is 76.9 Å². The van der Waals surface area contributed by atoms with Crippen molar-refractivity contribution in [2.75, 3.05) is 5.32 Å². The molecule has 0 aliphatic carbocycles. The number of amides is 1. The van der Waals surface area contributed by atoms with Crippen molar-refractivity contribution in [1.29, 1.82) is 0 Å². The molecule has 144 valence electrons. The first-order valence-corrected chi connectivity index (χ1v) is 9.25. The number of hydrogen-bond acceptors (Lipinski definition) is 4. The summed E-state index contributed by atoms with van der Waals surface area (Å²) in [4.78, 5) is 33.9. The molecule has 0 atom stereocenters. The van der Waals surface area contributed by atoms with Crippen molar-refractivity contribution in [2.45, 2.75) is 13.8 Å². The Labute approximate surface area is 167 Å². The molecule has 6 nitrogen and oxygen atoms in total. The van der Waals surface area contributed by atoms with Crippen molar-refractivity contribution in [2.24, 2.45) is 7.05 Å². The van der Waals surface area contributed by atoms with Crippen molar-refractivity contribution < 1.29 is 4.79 Å². The van der Waals surface area contributed by atoms with Crippen LogP contribution in [0.4, 0.5) is 5.69 Å². The summed E-state index contributed by atoms with van der Waals surface area (Å²) < 4.78 is 1.48. The number of aryl methyl sites for hydroxylation is 3. The van der Waals surface area contributed by atoms with Crippen LogP contribution in [0.1, 0.15) is 21.5 Å². The largest absolute Gasteiger partial charge is 0.322 e. The SMILES string of the molecule is Cc1ccc(NC(=O)c2ccc(-c3nc4cccnc4n(C)c3=O)cc2)cc1C. The average molecular weight is 384 g/mol. The molecule has 1 amide bonds. The maximum Gasteiger partial charge on any atom is 0.278 e. The molecule has 0 fully saturated rings. The van der Waals surface area contributed by atoms with E-state index in [1.165, 1.54) is 10.1 Å². The quantitative estimate of drug-likeness (QED) is 0.582. The van der Waals surface area contributed by atoms with Crippen molar-refractivity contribution in [1.82, 2.24) is 14.5 Å². The summed E-state index contributed by atoms with van der Waals surface area (Å²) in [6, 6.07) is 16.3. The number of fused-ring (bicyclic) bond motifs is 1. The molecule has 0 aliphatic heterocycles. The molecule has 4 rings (SSSR count). The number of hydrogen-bond donors (Lipinski definition) is 1. The summed E-state index contributed by atoms with van der Waals surface area (Å²) in [7, 11) is 1.67. The van der Waals surface area contributed by atoms with Gasteiger partial charge in [-0.1, -0.05) is 18.2 Å². The molecule has 2 heterocycles. The number of aromatic nitrogens is 3. The predicted molar refractivity (Wildman–Crippen MR) is 114 cm³/mol. The van der Waals surface area contributed by atoms with Crippen LogP contribution in [0.15, 0.2) is 65.6 Å². The molecule has 0 saturated carbocycles. The fraction of sp³-hybridized carbons (Fsp3) is 0.130. The van der Waals surface area contributed by atoms with E-state index in [-0.39, 0.29) is 11.5 Å². The number of pyridine rings is 1. The number of carbonyl (C=O) groups is 1. The Morgan fingerprint density at radius 3 is 2.48 bits per heavy atom. The highest BCUT2D eigenvalue weighted by atomic mass is 16.1. The van der Waals surface area contributed by atoms with Crippen molar-refractivity contribution in [3.63, 3.8) is 0 Å². The zero-order valence-electron chi connectivity index (χ0n) is 16.4. The molecule has 0 radical (unpaired) electrons. The van der Waals surface area contributed by atoms with Gasteiger partial charge in [0.05, 0.1) is 0 Å². The third-order valence-corrected chi connectivity index (χ3v) is 5.01. The molecule has 2 aromatic heterocycles. The molecule has 6 heteroatoms. The maximum absolute atomic E-state index is 12.7. The van der Waals surface area contributed by atoms with Crippen LogP contribution in [0.2, 0.25) is 0 Å². The second-order valence-corrected chi connectivity index (χ2v) is 7.00. The third kappa shape index (κ3) is 3.52. The summed E-state index contributed by atoms with van der Waals surface area (Å²) in [5, 5.41) is 2.90. The van der Waals surface area contributed by atoms with Gasteiger partial charge in [0.25, 0.3) is 11.5 Å². The van der Waals surface area contributed by atoms with Crippen molar-refractivity contribution in [3.05, 3.63) is 87.8 Å². The van der Waals surface area contributed by atoms with Gasteiger partial charge < -0.3 is 5.32 Å². The molecule has 1 N–H and O–H groups in total. The van der Waals surface area contributed by atoms with Crippen molar-refractivity contribution >= 4 is 22.8 Å². The van der Waals surface area contributed by atoms with Gasteiger partial charge in [-0.05, 0) is 61.4 Å². The van der Waals surface area contributed by atoms with Gasteiger partial charge in [0.15, 0.2) is 5.65 Å². The summed E-state index contributed by atoms with van der Waals surface area (Å²) in [6.07, 6.45) is 1.63. The highest BCUT2D eigenvalue weighted by Gasteiger charge is 2.13. The van der Waals surface area contributed by atoms with E-state index < -0.39 is 0 Å². The monoisotopic (exact) mass is 384 g/mol. The summed E-state index contributed by atoms with van der Waals surface area (Å²) >= 11 is 0. The molecule has 0 aliphatic rings. The molecule has 0 saturated heterocycles. The zero-order chi connectivity index (χ0) is 20.5. The van der Waals surface area contributed by atoms with E-state index in [1.807, 2.05) is 38.1 Å². The standard InChI is InChI=1S/C23H20N4O2/c1-14-6-11-18(13-15(14)2)25-22(28)17-9-7-16(8-10-17)20-23(29)27(3)21-19(26-20)5-4-12-24-21/h4-13H,1-3H3,(H,25,28). The molecular formula is C23H20N4O2. The number of nitrogens with zero attached hydrogens (tertiary/aromatic N) is 3. The van der Waals surface area contributed by atoms with E-state index in [0.717, 1.165) is 11.3 Å². The van der Waals surface area contributed by atoms with Gasteiger partial charge in [-0.3, -0.25) is 14.2 Å². The normalized spacial score (nSPS) is 10.9. The fourth-order valence-corrected chi connectivity index (χ4v) is 3.15.